The van der Waals surface area contributed by atoms with E-state index in [9.17, 15) is 0 Å². The molecule has 5 heterocycles. The van der Waals surface area contributed by atoms with Gasteiger partial charge in [-0.25, -0.2) is 4.98 Å². The van der Waals surface area contributed by atoms with Crippen molar-refractivity contribution in [1.82, 2.24) is 28.9 Å². The maximum Gasteiger partial charge on any atom is 0.145 e. The van der Waals surface area contributed by atoms with E-state index in [1.807, 2.05) is 24.5 Å². The fourth-order valence-corrected chi connectivity index (χ4v) is 8.51. The molecule has 0 spiro atoms. The van der Waals surface area contributed by atoms with Gasteiger partial charge in [-0.1, -0.05) is 113 Å². The Morgan fingerprint density at radius 1 is 0.694 bits per heavy atom. The molecule has 0 bridgehead atoms. The van der Waals surface area contributed by atoms with Gasteiger partial charge in [-0.2, -0.15) is 10.2 Å². The predicted molar refractivity (Wildman–Crippen MR) is 197 cm³/mol. The van der Waals surface area contributed by atoms with Crippen molar-refractivity contribution in [1.29, 1.82) is 0 Å². The van der Waals surface area contributed by atoms with Crippen LogP contribution in [0, 0.1) is 6.92 Å². The van der Waals surface area contributed by atoms with Crippen LogP contribution in [-0.2, 0) is 16.4 Å². The van der Waals surface area contributed by atoms with Crippen LogP contribution in [-0.4, -0.2) is 28.9 Å². The highest BCUT2D eigenvalue weighted by Gasteiger charge is 2.49. The van der Waals surface area contributed by atoms with E-state index in [1.165, 1.54) is 38.7 Å². The second-order valence-electron chi connectivity index (χ2n) is 14.9. The molecule has 1 aliphatic heterocycles. The maximum absolute atomic E-state index is 5.76. The monoisotopic (exact) mass is 640 g/mol. The van der Waals surface area contributed by atoms with Crippen molar-refractivity contribution in [3.63, 3.8) is 0 Å². The molecule has 0 saturated carbocycles. The second kappa shape index (κ2) is 10.3. The van der Waals surface area contributed by atoms with Gasteiger partial charge in [0.25, 0.3) is 0 Å². The smallest absolute Gasteiger partial charge is 0.145 e. The molecule has 1 aliphatic rings. The molecule has 2 atom stereocenters. The highest BCUT2D eigenvalue weighted by molar-refractivity contribution is 6.14. The molecular weight excluding hydrogens is 601 g/mol. The van der Waals surface area contributed by atoms with Crippen molar-refractivity contribution in [2.75, 3.05) is 0 Å². The third kappa shape index (κ3) is 3.91. The molecule has 4 aromatic carbocycles. The number of pyridine rings is 1. The summed E-state index contributed by atoms with van der Waals surface area (Å²) in [4.78, 5) is 5.76. The Bertz CT molecular complexity index is 2510. The average molecular weight is 641 g/mol. The van der Waals surface area contributed by atoms with Gasteiger partial charge in [0, 0.05) is 46.4 Å². The summed E-state index contributed by atoms with van der Waals surface area (Å²) in [6.07, 6.45) is 7.85. The molecule has 4 aromatic heterocycles. The van der Waals surface area contributed by atoms with Gasteiger partial charge in [0.15, 0.2) is 0 Å². The minimum atomic E-state index is -0.542. The number of nitrogens with zero attached hydrogens (tertiary/aromatic N) is 6. The van der Waals surface area contributed by atoms with Crippen molar-refractivity contribution in [3.8, 4) is 0 Å². The van der Waals surface area contributed by atoms with Crippen LogP contribution in [0.3, 0.4) is 0 Å². The number of aromatic nitrogens is 6. The Morgan fingerprint density at radius 2 is 1.41 bits per heavy atom. The average Bonchev–Trinajstić information content (AvgIpc) is 3.91. The van der Waals surface area contributed by atoms with Gasteiger partial charge in [0.2, 0.25) is 0 Å². The normalized spacial score (nSPS) is 16.8. The molecule has 8 aromatic rings. The van der Waals surface area contributed by atoms with Crippen molar-refractivity contribution < 1.29 is 0 Å². The zero-order chi connectivity index (χ0) is 33.7. The molecule has 0 saturated heterocycles. The van der Waals surface area contributed by atoms with Crippen LogP contribution in [0.2, 0.25) is 0 Å². The number of hydrogen-bond acceptors (Lipinski definition) is 3. The Labute approximate surface area is 286 Å². The zero-order valence-electron chi connectivity index (χ0n) is 28.9. The highest BCUT2D eigenvalue weighted by atomic mass is 15.3. The van der Waals surface area contributed by atoms with Crippen molar-refractivity contribution in [2.24, 2.45) is 0 Å². The first-order valence-corrected chi connectivity index (χ1v) is 17.2. The lowest BCUT2D eigenvalue weighted by Gasteiger charge is -2.46. The van der Waals surface area contributed by atoms with Gasteiger partial charge in [-0.05, 0) is 65.3 Å². The molecule has 0 N–H and O–H groups in total. The van der Waals surface area contributed by atoms with Crippen LogP contribution in [0.25, 0.3) is 27.3 Å². The first-order valence-electron chi connectivity index (χ1n) is 17.2. The van der Waals surface area contributed by atoms with E-state index >= 15 is 0 Å². The van der Waals surface area contributed by atoms with Gasteiger partial charge in [0.05, 0.1) is 16.9 Å². The summed E-state index contributed by atoms with van der Waals surface area (Å²) < 4.78 is 6.65. The Morgan fingerprint density at radius 3 is 2.10 bits per heavy atom. The molecule has 0 amide bonds. The second-order valence-corrected chi connectivity index (χ2v) is 14.9. The zero-order valence-corrected chi connectivity index (χ0v) is 28.9. The van der Waals surface area contributed by atoms with E-state index < -0.39 is 5.54 Å². The Balaban J connectivity index is 1.46. The molecule has 9 rings (SSSR count). The Kier molecular flexibility index (Phi) is 6.20. The van der Waals surface area contributed by atoms with Gasteiger partial charge in [0.1, 0.15) is 17.2 Å². The lowest BCUT2D eigenvalue weighted by molar-refractivity contribution is 0.284. The fraction of sp³-hybridized carbons (Fsp3) is 0.233. The third-order valence-corrected chi connectivity index (χ3v) is 11.9. The lowest BCUT2D eigenvalue weighted by atomic mass is 9.60. The van der Waals surface area contributed by atoms with Crippen LogP contribution >= 0.6 is 0 Å². The summed E-state index contributed by atoms with van der Waals surface area (Å²) in [5, 5.41) is 13.3. The molecular formula is C43H40N6. The van der Waals surface area contributed by atoms with Gasteiger partial charge in [-0.15, -0.1) is 0 Å². The third-order valence-electron chi connectivity index (χ3n) is 11.9. The van der Waals surface area contributed by atoms with E-state index in [-0.39, 0.29) is 16.9 Å². The van der Waals surface area contributed by atoms with Crippen LogP contribution in [0.1, 0.15) is 79.9 Å². The highest BCUT2D eigenvalue weighted by Crippen LogP contribution is 2.54. The molecule has 6 nitrogen and oxygen atoms in total. The van der Waals surface area contributed by atoms with Crippen LogP contribution in [0.15, 0.2) is 128 Å². The number of fused-ring (bicyclic) bond motifs is 3. The number of imidazole rings is 1. The van der Waals surface area contributed by atoms with Crippen molar-refractivity contribution >= 4 is 27.3 Å². The summed E-state index contributed by atoms with van der Waals surface area (Å²) in [5.41, 5.74) is 9.63. The van der Waals surface area contributed by atoms with Crippen LogP contribution < -0.4 is 0 Å². The van der Waals surface area contributed by atoms with Crippen molar-refractivity contribution in [3.05, 3.63) is 167 Å². The van der Waals surface area contributed by atoms with Crippen LogP contribution in [0.5, 0.6) is 0 Å². The first-order chi connectivity index (χ1) is 23.6. The topological polar surface area (TPSA) is 52.9 Å². The summed E-state index contributed by atoms with van der Waals surface area (Å²) >= 11 is 0. The van der Waals surface area contributed by atoms with Gasteiger partial charge >= 0.3 is 0 Å². The molecule has 0 aliphatic carbocycles. The predicted octanol–water partition coefficient (Wildman–Crippen LogP) is 9.36. The van der Waals surface area contributed by atoms with E-state index in [1.54, 1.807) is 0 Å². The molecule has 242 valence electrons. The van der Waals surface area contributed by atoms with E-state index in [0.29, 0.717) is 0 Å². The van der Waals surface area contributed by atoms with Crippen LogP contribution in [0.4, 0.5) is 0 Å². The maximum atomic E-state index is 5.76. The fourth-order valence-electron chi connectivity index (χ4n) is 8.51. The summed E-state index contributed by atoms with van der Waals surface area (Å²) in [7, 11) is 0. The molecule has 0 radical (unpaired) electrons. The van der Waals surface area contributed by atoms with Gasteiger partial charge in [-0.3, -0.25) is 13.8 Å². The summed E-state index contributed by atoms with van der Waals surface area (Å²) in [5.74, 6) is 0. The van der Waals surface area contributed by atoms with Gasteiger partial charge < -0.3 is 0 Å². The minimum Gasteiger partial charge on any atom is -0.295 e. The number of benzene rings is 4. The molecule has 6 heteroatoms. The summed E-state index contributed by atoms with van der Waals surface area (Å²) in [6, 6.07) is 36.8. The molecule has 49 heavy (non-hydrogen) atoms. The molecule has 0 fully saturated rings. The van der Waals surface area contributed by atoms with E-state index in [2.05, 4.69) is 159 Å². The lowest BCUT2D eigenvalue weighted by Crippen LogP contribution is -2.45. The van der Waals surface area contributed by atoms with E-state index in [4.69, 9.17) is 15.2 Å². The Hall–Kier alpha value is -5.49. The summed E-state index contributed by atoms with van der Waals surface area (Å²) in [6.45, 7) is 14.1. The quantitative estimate of drug-likeness (QED) is 0.170. The number of rotatable bonds is 6. The SMILES string of the molecule is Cc1ccc2c3c1c1ccc(C(C)(c4ccccc4)n4cccn4)cc1c1nc([C@@H](c4ccccc4)n4cccn4)c(n13)C(C)(C)C2(C)C. The number of aryl methyl sites for hydroxylation is 1. The number of hydrogen-bond donors (Lipinski definition) is 0. The largest absolute Gasteiger partial charge is 0.295 e. The molecule has 1 unspecified atom stereocenters. The van der Waals surface area contributed by atoms with E-state index in [0.717, 1.165) is 27.9 Å². The minimum absolute atomic E-state index is 0.179. The first kappa shape index (κ1) is 29.6. The standard InChI is InChI=1S/C43H40N6/c1-28-19-22-34-38-35(28)32-21-20-31(43(6,48-26-14-24-45-48)30-17-11-8-12-18-30)27-33(32)40-46-36(39(49(38)40)42(4,5)41(34,2)3)37(47-25-13-23-44-47)29-15-9-7-10-16-29/h7-27,37H,1-6H3/t37-,43?/m1/s1. The van der Waals surface area contributed by atoms with Crippen molar-refractivity contribution in [2.45, 2.75) is 64.0 Å².